The number of guanidine groups is 1. The lowest BCUT2D eigenvalue weighted by Crippen LogP contribution is -2.35. The van der Waals surface area contributed by atoms with Crippen LogP contribution < -0.4 is 5.32 Å². The molecule has 0 atom stereocenters. The van der Waals surface area contributed by atoms with Crippen molar-refractivity contribution in [1.82, 2.24) is 10.2 Å². The van der Waals surface area contributed by atoms with Crippen LogP contribution in [-0.2, 0) is 6.54 Å². The van der Waals surface area contributed by atoms with Gasteiger partial charge in [-0.05, 0) is 30.2 Å². The molecule has 1 aliphatic heterocycles. The third kappa shape index (κ3) is 3.84. The smallest absolute Gasteiger partial charge is 0.194 e. The van der Waals surface area contributed by atoms with E-state index in [1.54, 1.807) is 0 Å². The molecule has 0 radical (unpaired) electrons. The van der Waals surface area contributed by atoms with Gasteiger partial charge in [0.2, 0.25) is 0 Å². The second kappa shape index (κ2) is 6.58. The first kappa shape index (κ1) is 14.8. The van der Waals surface area contributed by atoms with Crippen molar-refractivity contribution in [2.24, 2.45) is 4.99 Å². The molecule has 0 aliphatic carbocycles. The zero-order valence-electron chi connectivity index (χ0n) is 10.0. The summed E-state index contributed by atoms with van der Waals surface area (Å²) in [4.78, 5) is 6.55. The highest BCUT2D eigenvalue weighted by Crippen LogP contribution is 2.15. The number of aliphatic imine (C=N–C) groups is 1. The lowest BCUT2D eigenvalue weighted by molar-refractivity contribution is 0.534. The van der Waals surface area contributed by atoms with Gasteiger partial charge < -0.3 is 10.2 Å². The Morgan fingerprint density at radius 1 is 1.47 bits per heavy atom. The highest BCUT2D eigenvalue weighted by Gasteiger charge is 2.11. The van der Waals surface area contributed by atoms with E-state index >= 15 is 0 Å². The largest absolute Gasteiger partial charge is 0.352 e. The number of hydrogen-bond acceptors (Lipinski definition) is 3. The van der Waals surface area contributed by atoms with Gasteiger partial charge in [0.1, 0.15) is 0 Å². The van der Waals surface area contributed by atoms with Crippen LogP contribution in [0.1, 0.15) is 11.1 Å². The summed E-state index contributed by atoms with van der Waals surface area (Å²) < 4.78 is 1.13. The van der Waals surface area contributed by atoms with Crippen LogP contribution in [-0.4, -0.2) is 31.0 Å². The first-order chi connectivity index (χ1) is 7.66. The first-order valence-electron chi connectivity index (χ1n) is 5.41. The summed E-state index contributed by atoms with van der Waals surface area (Å²) in [6.07, 6.45) is 0. The van der Waals surface area contributed by atoms with E-state index in [9.17, 15) is 0 Å². The molecule has 2 rings (SSSR count). The van der Waals surface area contributed by atoms with Crippen LogP contribution in [0.3, 0.4) is 0 Å². The number of nitrogens with zero attached hydrogens (tertiary/aromatic N) is 2. The summed E-state index contributed by atoms with van der Waals surface area (Å²) in [5.74, 6) is 1.00. The van der Waals surface area contributed by atoms with Crippen molar-refractivity contribution in [2.75, 3.05) is 20.1 Å². The molecule has 0 saturated carbocycles. The predicted octanol–water partition coefficient (Wildman–Crippen LogP) is 2.77. The van der Waals surface area contributed by atoms with E-state index in [0.717, 1.165) is 30.1 Å². The number of nitrogens with one attached hydrogen (secondary N) is 1. The summed E-state index contributed by atoms with van der Waals surface area (Å²) in [6.45, 7) is 4.88. The van der Waals surface area contributed by atoms with Crippen LogP contribution in [0.4, 0.5) is 0 Å². The van der Waals surface area contributed by atoms with Crippen molar-refractivity contribution < 1.29 is 0 Å². The van der Waals surface area contributed by atoms with Crippen LogP contribution in [0, 0.1) is 6.92 Å². The molecule has 94 valence electrons. The maximum atomic E-state index is 4.40. The molecule has 17 heavy (non-hydrogen) atoms. The molecule has 3 nitrogen and oxygen atoms in total. The summed E-state index contributed by atoms with van der Waals surface area (Å²) >= 11 is 3.47. The van der Waals surface area contributed by atoms with Gasteiger partial charge in [0, 0.05) is 24.6 Å². The van der Waals surface area contributed by atoms with Crippen molar-refractivity contribution >= 4 is 45.9 Å². The normalized spacial score (nSPS) is 14.3. The molecule has 0 aromatic heterocycles. The molecular formula is C12H17BrIN3. The maximum Gasteiger partial charge on any atom is 0.194 e. The van der Waals surface area contributed by atoms with Crippen molar-refractivity contribution in [2.45, 2.75) is 13.5 Å². The van der Waals surface area contributed by atoms with Gasteiger partial charge in [-0.3, -0.25) is 4.99 Å². The molecule has 0 fully saturated rings. The third-order valence-electron chi connectivity index (χ3n) is 2.80. The monoisotopic (exact) mass is 409 g/mol. The van der Waals surface area contributed by atoms with E-state index in [1.807, 2.05) is 0 Å². The molecule has 1 aromatic carbocycles. The molecule has 1 heterocycles. The van der Waals surface area contributed by atoms with Gasteiger partial charge in [-0.25, -0.2) is 0 Å². The Morgan fingerprint density at radius 3 is 2.82 bits per heavy atom. The average molecular weight is 410 g/mol. The molecule has 0 unspecified atom stereocenters. The number of hydrogen-bond donors (Lipinski definition) is 1. The molecule has 0 bridgehead atoms. The van der Waals surface area contributed by atoms with Crippen molar-refractivity contribution in [1.29, 1.82) is 0 Å². The van der Waals surface area contributed by atoms with Crippen LogP contribution in [0.15, 0.2) is 27.7 Å². The fourth-order valence-corrected chi connectivity index (χ4v) is 2.23. The Morgan fingerprint density at radius 2 is 2.24 bits per heavy atom. The first-order valence-corrected chi connectivity index (χ1v) is 6.20. The Hall–Kier alpha value is -0.300. The fourth-order valence-electron chi connectivity index (χ4n) is 1.76. The van der Waals surface area contributed by atoms with Gasteiger partial charge in [-0.15, -0.1) is 24.0 Å². The van der Waals surface area contributed by atoms with Gasteiger partial charge in [-0.1, -0.05) is 22.0 Å². The molecule has 0 amide bonds. The molecule has 1 aliphatic rings. The number of halogens is 2. The Labute approximate surface area is 128 Å². The van der Waals surface area contributed by atoms with Gasteiger partial charge in [0.25, 0.3) is 0 Å². The molecule has 0 saturated heterocycles. The van der Waals surface area contributed by atoms with Crippen molar-refractivity contribution in [3.8, 4) is 0 Å². The lowest BCUT2D eigenvalue weighted by Gasteiger charge is -2.16. The van der Waals surface area contributed by atoms with Crippen molar-refractivity contribution in [3.63, 3.8) is 0 Å². The van der Waals surface area contributed by atoms with E-state index in [2.05, 4.69) is 63.3 Å². The predicted molar refractivity (Wildman–Crippen MR) is 86.1 cm³/mol. The minimum absolute atomic E-state index is 0. The van der Waals surface area contributed by atoms with Crippen LogP contribution in [0.2, 0.25) is 0 Å². The van der Waals surface area contributed by atoms with Gasteiger partial charge >= 0.3 is 0 Å². The number of rotatable bonds is 2. The minimum atomic E-state index is 0. The van der Waals surface area contributed by atoms with Crippen LogP contribution in [0.25, 0.3) is 0 Å². The fraction of sp³-hybridized carbons (Fsp3) is 0.417. The Bertz CT molecular complexity index is 420. The molecule has 1 N–H and O–H groups in total. The Kier molecular flexibility index (Phi) is 5.72. The zero-order chi connectivity index (χ0) is 11.5. The third-order valence-corrected chi connectivity index (χ3v) is 3.29. The van der Waals surface area contributed by atoms with Crippen molar-refractivity contribution in [3.05, 3.63) is 33.8 Å². The zero-order valence-corrected chi connectivity index (χ0v) is 14.0. The summed E-state index contributed by atoms with van der Waals surface area (Å²) in [5, 5.41) is 3.37. The maximum absolute atomic E-state index is 4.40. The Balaban J connectivity index is 0.00000144. The summed E-state index contributed by atoms with van der Waals surface area (Å²) in [5.41, 5.74) is 2.61. The highest BCUT2D eigenvalue weighted by atomic mass is 127. The minimum Gasteiger partial charge on any atom is -0.352 e. The second-order valence-corrected chi connectivity index (χ2v) is 4.97. The molecule has 1 aromatic rings. The van der Waals surface area contributed by atoms with E-state index in [0.29, 0.717) is 0 Å². The summed E-state index contributed by atoms with van der Waals surface area (Å²) in [6, 6.07) is 6.35. The molecular weight excluding hydrogens is 393 g/mol. The van der Waals surface area contributed by atoms with Gasteiger partial charge in [-0.2, -0.15) is 0 Å². The van der Waals surface area contributed by atoms with E-state index in [4.69, 9.17) is 0 Å². The van der Waals surface area contributed by atoms with Crippen LogP contribution >= 0.6 is 39.9 Å². The standard InChI is InChI=1S/C12H16BrN3.HI/c1-9-7-11(13)4-3-10(9)8-15-12-14-5-6-16(12)2;/h3-4,7H,5-6,8H2,1-2H3,(H,14,15);1H. The van der Waals surface area contributed by atoms with E-state index in [-0.39, 0.29) is 24.0 Å². The number of benzene rings is 1. The van der Waals surface area contributed by atoms with Crippen LogP contribution in [0.5, 0.6) is 0 Å². The lowest BCUT2D eigenvalue weighted by atomic mass is 10.1. The molecule has 5 heteroatoms. The van der Waals surface area contributed by atoms with Gasteiger partial charge in [0.05, 0.1) is 6.54 Å². The number of likely N-dealkylation sites (N-methyl/N-ethyl adjacent to an activating group) is 1. The van der Waals surface area contributed by atoms with Gasteiger partial charge in [0.15, 0.2) is 5.96 Å². The highest BCUT2D eigenvalue weighted by molar-refractivity contribution is 14.0. The molecule has 0 spiro atoms. The summed E-state index contributed by atoms with van der Waals surface area (Å²) in [7, 11) is 2.06. The van der Waals surface area contributed by atoms with E-state index in [1.165, 1.54) is 11.1 Å². The average Bonchev–Trinajstić information content (AvgIpc) is 2.63. The number of aryl methyl sites for hydroxylation is 1. The second-order valence-electron chi connectivity index (χ2n) is 4.05. The SMILES string of the molecule is Cc1cc(Br)ccc1CNC1=NCCN1C.I. The van der Waals surface area contributed by atoms with E-state index < -0.39 is 0 Å². The quantitative estimate of drug-likeness (QED) is 0.760. The topological polar surface area (TPSA) is 27.6 Å².